The smallest absolute Gasteiger partial charge is 0.201 e. The Morgan fingerprint density at radius 3 is 2.05 bits per heavy atom. The van der Waals surface area contributed by atoms with Crippen LogP contribution in [0.15, 0.2) is 0 Å². The Hall–Kier alpha value is 0.150. The van der Waals surface area contributed by atoms with Crippen molar-refractivity contribution in [1.29, 1.82) is 0 Å². The van der Waals surface area contributed by atoms with E-state index in [2.05, 4.69) is 22.9 Å². The van der Waals surface area contributed by atoms with E-state index in [1.807, 2.05) is 0 Å². The second-order valence-electron chi connectivity index (χ2n) is 6.57. The first-order valence-electron chi connectivity index (χ1n) is 8.95. The van der Waals surface area contributed by atoms with Crippen molar-refractivity contribution in [2.45, 2.75) is 96.8 Å². The first-order valence-corrected chi connectivity index (χ1v) is 9.74. The summed E-state index contributed by atoms with van der Waals surface area (Å²) >= 11 is 3.25. The van der Waals surface area contributed by atoms with Gasteiger partial charge in [-0.2, -0.15) is 0 Å². The van der Waals surface area contributed by atoms with Crippen molar-refractivity contribution in [2.24, 2.45) is 11.8 Å². The number of rotatable bonds is 11. The summed E-state index contributed by atoms with van der Waals surface area (Å²) in [7, 11) is 0. The van der Waals surface area contributed by atoms with Crippen molar-refractivity contribution < 1.29 is 4.79 Å². The van der Waals surface area contributed by atoms with Crippen molar-refractivity contribution in [2.75, 3.05) is 0 Å². The third kappa shape index (κ3) is 7.81. The molecule has 0 aliphatic heterocycles. The van der Waals surface area contributed by atoms with Gasteiger partial charge in [0.25, 0.3) is 0 Å². The fourth-order valence-electron chi connectivity index (χ4n) is 3.57. The van der Waals surface area contributed by atoms with Gasteiger partial charge in [-0.15, -0.1) is 0 Å². The van der Waals surface area contributed by atoms with Gasteiger partial charge in [0.15, 0.2) is 0 Å². The largest absolute Gasteiger partial charge is 0.286 e. The second kappa shape index (κ2) is 11.8. The van der Waals surface area contributed by atoms with Crippen molar-refractivity contribution in [3.8, 4) is 0 Å². The Bertz CT molecular complexity index is 246. The van der Waals surface area contributed by atoms with Gasteiger partial charge in [0.1, 0.15) is 0 Å². The number of carbonyl (C=O) groups excluding carboxylic acids is 1. The summed E-state index contributed by atoms with van der Waals surface area (Å²) in [4.78, 5) is 11.8. The molecule has 0 aromatic heterocycles. The summed E-state index contributed by atoms with van der Waals surface area (Å²) in [6.45, 7) is 2.27. The molecule has 1 fully saturated rings. The van der Waals surface area contributed by atoms with Crippen LogP contribution >= 0.6 is 15.9 Å². The summed E-state index contributed by atoms with van der Waals surface area (Å²) in [5.41, 5.74) is 0. The minimum atomic E-state index is 0.271. The van der Waals surface area contributed by atoms with Gasteiger partial charge in [-0.05, 0) is 41.1 Å². The predicted molar refractivity (Wildman–Crippen MR) is 91.2 cm³/mol. The Morgan fingerprint density at radius 2 is 1.50 bits per heavy atom. The van der Waals surface area contributed by atoms with Crippen LogP contribution in [0.5, 0.6) is 0 Å². The van der Waals surface area contributed by atoms with E-state index in [1.54, 1.807) is 0 Å². The highest BCUT2D eigenvalue weighted by atomic mass is 79.9. The van der Waals surface area contributed by atoms with Crippen LogP contribution in [0.2, 0.25) is 0 Å². The van der Waals surface area contributed by atoms with Gasteiger partial charge in [0.05, 0.1) is 0 Å². The zero-order chi connectivity index (χ0) is 14.6. The van der Waals surface area contributed by atoms with Crippen LogP contribution in [-0.2, 0) is 4.79 Å². The molecule has 1 atom stereocenters. The normalized spacial score (nSPS) is 18.1. The van der Waals surface area contributed by atoms with Crippen LogP contribution in [0.4, 0.5) is 0 Å². The van der Waals surface area contributed by atoms with Crippen LogP contribution in [0.1, 0.15) is 96.8 Å². The highest BCUT2D eigenvalue weighted by molar-refractivity contribution is 9.18. The van der Waals surface area contributed by atoms with E-state index in [0.29, 0.717) is 11.8 Å². The molecule has 1 nitrogen and oxygen atoms in total. The van der Waals surface area contributed by atoms with E-state index in [-0.39, 0.29) is 4.69 Å². The Morgan fingerprint density at radius 1 is 0.950 bits per heavy atom. The maximum atomic E-state index is 11.8. The van der Waals surface area contributed by atoms with Gasteiger partial charge >= 0.3 is 0 Å². The molecule has 0 saturated heterocycles. The minimum Gasteiger partial charge on any atom is -0.286 e. The van der Waals surface area contributed by atoms with Crippen LogP contribution in [0.25, 0.3) is 0 Å². The fraction of sp³-hybridized carbons (Fsp3) is 0.944. The first kappa shape index (κ1) is 18.2. The molecule has 1 unspecified atom stereocenters. The summed E-state index contributed by atoms with van der Waals surface area (Å²) in [5.74, 6) is 0.968. The zero-order valence-corrected chi connectivity index (χ0v) is 14.9. The standard InChI is InChI=1S/C18H33BrO/c1-2-3-4-5-6-7-8-12-15-17(18(19)20)16-13-10-9-11-14-16/h16-17H,2-15H2,1H3. The molecule has 20 heavy (non-hydrogen) atoms. The van der Waals surface area contributed by atoms with Gasteiger partial charge in [0, 0.05) is 5.92 Å². The molecule has 0 aromatic rings. The lowest BCUT2D eigenvalue weighted by Gasteiger charge is -2.28. The van der Waals surface area contributed by atoms with Gasteiger partial charge in [-0.25, -0.2) is 0 Å². The molecule has 118 valence electrons. The third-order valence-corrected chi connectivity index (χ3v) is 5.47. The molecule has 0 aromatic carbocycles. The van der Waals surface area contributed by atoms with E-state index in [4.69, 9.17) is 0 Å². The number of hydrogen-bond acceptors (Lipinski definition) is 1. The Labute approximate surface area is 134 Å². The van der Waals surface area contributed by atoms with Crippen molar-refractivity contribution in [3.05, 3.63) is 0 Å². The van der Waals surface area contributed by atoms with Crippen LogP contribution < -0.4 is 0 Å². The Kier molecular flexibility index (Phi) is 10.7. The molecule has 1 aliphatic carbocycles. The highest BCUT2D eigenvalue weighted by Crippen LogP contribution is 2.34. The minimum absolute atomic E-state index is 0.271. The van der Waals surface area contributed by atoms with Gasteiger partial charge in [0.2, 0.25) is 4.69 Å². The average molecular weight is 345 g/mol. The topological polar surface area (TPSA) is 17.1 Å². The lowest BCUT2D eigenvalue weighted by Crippen LogP contribution is -2.22. The first-order chi connectivity index (χ1) is 9.75. The fourth-order valence-corrected chi connectivity index (χ4v) is 4.17. The van der Waals surface area contributed by atoms with E-state index in [0.717, 1.165) is 6.42 Å². The molecule has 0 amide bonds. The van der Waals surface area contributed by atoms with E-state index in [1.165, 1.54) is 83.5 Å². The molecule has 1 aliphatic rings. The van der Waals surface area contributed by atoms with Crippen molar-refractivity contribution in [1.82, 2.24) is 0 Å². The Balaban J connectivity index is 2.08. The van der Waals surface area contributed by atoms with Gasteiger partial charge in [-0.3, -0.25) is 4.79 Å². The zero-order valence-electron chi connectivity index (χ0n) is 13.3. The second-order valence-corrected chi connectivity index (χ2v) is 7.35. The maximum absolute atomic E-state index is 11.8. The number of halogens is 1. The van der Waals surface area contributed by atoms with E-state index < -0.39 is 0 Å². The SMILES string of the molecule is CCCCCCCCCCC(C(=O)Br)C1CCCCC1. The maximum Gasteiger partial charge on any atom is 0.201 e. The molecule has 1 rings (SSSR count). The molecule has 0 N–H and O–H groups in total. The number of hydrogen-bond donors (Lipinski definition) is 0. The molecule has 2 heteroatoms. The van der Waals surface area contributed by atoms with Gasteiger partial charge < -0.3 is 0 Å². The highest BCUT2D eigenvalue weighted by Gasteiger charge is 2.27. The predicted octanol–water partition coefficient (Wildman–Crippen LogP) is 6.64. The van der Waals surface area contributed by atoms with Crippen molar-refractivity contribution in [3.63, 3.8) is 0 Å². The third-order valence-electron chi connectivity index (χ3n) is 4.88. The molecule has 1 saturated carbocycles. The summed E-state index contributed by atoms with van der Waals surface area (Å²) in [6.07, 6.45) is 18.5. The molecule has 0 bridgehead atoms. The molecule has 0 spiro atoms. The molecule has 0 heterocycles. The number of carbonyl (C=O) groups is 1. The van der Waals surface area contributed by atoms with Crippen LogP contribution in [0.3, 0.4) is 0 Å². The van der Waals surface area contributed by atoms with Crippen LogP contribution in [-0.4, -0.2) is 4.69 Å². The average Bonchev–Trinajstić information content (AvgIpc) is 2.46. The summed E-state index contributed by atoms with van der Waals surface area (Å²) in [6, 6.07) is 0. The summed E-state index contributed by atoms with van der Waals surface area (Å²) in [5, 5.41) is 0. The number of unbranched alkanes of at least 4 members (excludes halogenated alkanes) is 7. The monoisotopic (exact) mass is 344 g/mol. The van der Waals surface area contributed by atoms with E-state index >= 15 is 0 Å². The summed E-state index contributed by atoms with van der Waals surface area (Å²) < 4.78 is 0.271. The van der Waals surface area contributed by atoms with E-state index in [9.17, 15) is 4.79 Å². The quantitative estimate of drug-likeness (QED) is 0.303. The van der Waals surface area contributed by atoms with Gasteiger partial charge in [-0.1, -0.05) is 77.6 Å². The lowest BCUT2D eigenvalue weighted by atomic mass is 9.78. The molecular weight excluding hydrogens is 312 g/mol. The molecule has 0 radical (unpaired) electrons. The molecular formula is C18H33BrO. The van der Waals surface area contributed by atoms with Crippen LogP contribution in [0, 0.1) is 11.8 Å². The lowest BCUT2D eigenvalue weighted by molar-refractivity contribution is -0.115. The van der Waals surface area contributed by atoms with Crippen molar-refractivity contribution >= 4 is 20.6 Å².